The first kappa shape index (κ1) is 27.9. The van der Waals surface area contributed by atoms with E-state index >= 15 is 0 Å². The number of carbonyl (C=O) groups is 1. The van der Waals surface area contributed by atoms with E-state index in [1.165, 1.54) is 0 Å². The van der Waals surface area contributed by atoms with Crippen molar-refractivity contribution in [3.8, 4) is 39.4 Å². The molecule has 0 aliphatic rings. The number of hydrogen-bond donors (Lipinski definition) is 1. The first-order valence-corrected chi connectivity index (χ1v) is 14.9. The first-order valence-electron chi connectivity index (χ1n) is 14.9. The molecule has 5 heteroatoms. The van der Waals surface area contributed by atoms with Crippen LogP contribution in [0.2, 0.25) is 0 Å². The van der Waals surface area contributed by atoms with Crippen LogP contribution in [0.25, 0.3) is 55.2 Å². The summed E-state index contributed by atoms with van der Waals surface area (Å²) < 4.78 is 7.23. The van der Waals surface area contributed by atoms with Gasteiger partial charge in [0.15, 0.2) is 0 Å². The van der Waals surface area contributed by atoms with E-state index in [0.717, 1.165) is 49.5 Å². The number of phenolic OH excluding ortho intramolecular Hbond substituents is 1. The lowest BCUT2D eigenvalue weighted by Crippen LogP contribution is -2.06. The predicted molar refractivity (Wildman–Crippen MR) is 183 cm³/mol. The van der Waals surface area contributed by atoms with Crippen molar-refractivity contribution in [3.05, 3.63) is 151 Å². The molecular weight excluding hydrogens is 556 g/mol. The Labute approximate surface area is 261 Å². The van der Waals surface area contributed by atoms with E-state index in [2.05, 4.69) is 30.3 Å². The summed E-state index contributed by atoms with van der Waals surface area (Å²) in [5.74, 6) is -0.293. The second kappa shape index (κ2) is 12.0. The maximum Gasteiger partial charge on any atom is 0.340 e. The highest BCUT2D eigenvalue weighted by atomic mass is 16.5. The van der Waals surface area contributed by atoms with Crippen LogP contribution in [0.5, 0.6) is 5.75 Å². The van der Waals surface area contributed by atoms with Crippen molar-refractivity contribution in [3.63, 3.8) is 0 Å². The number of phenols is 1. The van der Waals surface area contributed by atoms with Crippen LogP contribution in [0.3, 0.4) is 0 Å². The molecule has 0 saturated heterocycles. The van der Waals surface area contributed by atoms with E-state index in [4.69, 9.17) is 9.84 Å². The summed E-state index contributed by atoms with van der Waals surface area (Å²) in [4.78, 5) is 13.3. The SMILES string of the molecule is CCOC(=O)c1cc(-c2ccccc2)n(/N=C/c2cccc(-c3c4ccccc4cc4ccccc34)c2O)c1-c1ccccc1. The summed E-state index contributed by atoms with van der Waals surface area (Å²) in [6, 6.07) is 45.7. The number of aromatic nitrogens is 1. The van der Waals surface area contributed by atoms with Crippen LogP contribution in [-0.2, 0) is 4.74 Å². The highest BCUT2D eigenvalue weighted by Gasteiger charge is 2.24. The minimum absolute atomic E-state index is 0.128. The molecule has 6 aromatic carbocycles. The van der Waals surface area contributed by atoms with Gasteiger partial charge in [-0.3, -0.25) is 0 Å². The molecule has 0 radical (unpaired) electrons. The van der Waals surface area contributed by atoms with Gasteiger partial charge in [0.1, 0.15) is 5.75 Å². The Balaban J connectivity index is 1.43. The molecule has 45 heavy (non-hydrogen) atoms. The van der Waals surface area contributed by atoms with Gasteiger partial charge in [0.2, 0.25) is 0 Å². The largest absolute Gasteiger partial charge is 0.507 e. The monoisotopic (exact) mass is 586 g/mol. The van der Waals surface area contributed by atoms with E-state index in [1.54, 1.807) is 17.8 Å². The topological polar surface area (TPSA) is 63.8 Å². The number of hydrogen-bond acceptors (Lipinski definition) is 4. The minimum atomic E-state index is -0.421. The predicted octanol–water partition coefficient (Wildman–Crippen LogP) is 9.56. The maximum absolute atomic E-state index is 13.3. The number of fused-ring (bicyclic) bond motifs is 2. The van der Waals surface area contributed by atoms with E-state index in [1.807, 2.05) is 109 Å². The number of benzene rings is 6. The fraction of sp³-hybridized carbons (Fsp3) is 0.0500. The molecule has 0 aliphatic carbocycles. The lowest BCUT2D eigenvalue weighted by Gasteiger charge is -2.14. The summed E-state index contributed by atoms with van der Waals surface area (Å²) in [6.07, 6.45) is 1.65. The summed E-state index contributed by atoms with van der Waals surface area (Å²) >= 11 is 0. The van der Waals surface area contributed by atoms with Gasteiger partial charge in [-0.15, -0.1) is 0 Å². The third-order valence-electron chi connectivity index (χ3n) is 8.01. The summed E-state index contributed by atoms with van der Waals surface area (Å²) in [7, 11) is 0. The minimum Gasteiger partial charge on any atom is -0.507 e. The average molecular weight is 587 g/mol. The lowest BCUT2D eigenvalue weighted by molar-refractivity contribution is 0.0527. The molecule has 0 saturated carbocycles. The smallest absolute Gasteiger partial charge is 0.340 e. The first-order chi connectivity index (χ1) is 22.1. The molecule has 218 valence electrons. The fourth-order valence-corrected chi connectivity index (χ4v) is 5.96. The molecule has 0 unspecified atom stereocenters. The Kier molecular flexibility index (Phi) is 7.42. The number of nitrogens with zero attached hydrogens (tertiary/aromatic N) is 2. The highest BCUT2D eigenvalue weighted by molar-refractivity contribution is 6.14. The zero-order valence-electron chi connectivity index (χ0n) is 24.7. The van der Waals surface area contributed by atoms with Gasteiger partial charge in [-0.25, -0.2) is 9.47 Å². The molecule has 0 amide bonds. The zero-order chi connectivity index (χ0) is 30.8. The van der Waals surface area contributed by atoms with Gasteiger partial charge in [0, 0.05) is 27.8 Å². The van der Waals surface area contributed by atoms with Gasteiger partial charge in [-0.1, -0.05) is 121 Å². The summed E-state index contributed by atoms with van der Waals surface area (Å²) in [5.41, 5.74) is 5.70. The van der Waals surface area contributed by atoms with Crippen molar-refractivity contribution in [1.82, 2.24) is 4.68 Å². The molecule has 0 aliphatic heterocycles. The second-order valence-corrected chi connectivity index (χ2v) is 10.7. The van der Waals surface area contributed by atoms with Gasteiger partial charge < -0.3 is 9.84 Å². The number of esters is 1. The van der Waals surface area contributed by atoms with Crippen LogP contribution in [0.15, 0.2) is 145 Å². The van der Waals surface area contributed by atoms with Crippen molar-refractivity contribution >= 4 is 33.7 Å². The number of rotatable bonds is 7. The Bertz CT molecular complexity index is 2150. The average Bonchev–Trinajstić information content (AvgIpc) is 3.47. The van der Waals surface area contributed by atoms with Crippen LogP contribution in [0, 0.1) is 0 Å². The van der Waals surface area contributed by atoms with Gasteiger partial charge in [0.25, 0.3) is 0 Å². The van der Waals surface area contributed by atoms with Crippen molar-refractivity contribution in [2.24, 2.45) is 5.10 Å². The Morgan fingerprint density at radius 1 is 0.733 bits per heavy atom. The van der Waals surface area contributed by atoms with Crippen LogP contribution in [0.1, 0.15) is 22.8 Å². The molecular formula is C40H30N2O3. The van der Waals surface area contributed by atoms with Crippen molar-refractivity contribution in [1.29, 1.82) is 0 Å². The van der Waals surface area contributed by atoms with E-state index in [-0.39, 0.29) is 12.4 Å². The third kappa shape index (κ3) is 5.15. The van der Waals surface area contributed by atoms with E-state index in [9.17, 15) is 9.90 Å². The molecule has 5 nitrogen and oxygen atoms in total. The van der Waals surface area contributed by atoms with Crippen LogP contribution >= 0.6 is 0 Å². The van der Waals surface area contributed by atoms with Crippen LogP contribution < -0.4 is 0 Å². The number of ether oxygens (including phenoxy) is 1. The van der Waals surface area contributed by atoms with Gasteiger partial charge in [0.05, 0.1) is 29.8 Å². The van der Waals surface area contributed by atoms with Crippen molar-refractivity contribution in [2.75, 3.05) is 6.61 Å². The number of para-hydroxylation sites is 1. The quantitative estimate of drug-likeness (QED) is 0.115. The van der Waals surface area contributed by atoms with Crippen molar-refractivity contribution in [2.45, 2.75) is 6.92 Å². The van der Waals surface area contributed by atoms with Crippen LogP contribution in [-0.4, -0.2) is 28.6 Å². The zero-order valence-corrected chi connectivity index (χ0v) is 24.7. The van der Waals surface area contributed by atoms with E-state index < -0.39 is 5.97 Å². The standard InChI is InChI=1S/C40H30N2O3/c1-2-45-40(44)35-25-36(27-14-5-3-6-15-27)42(38(35)28-16-7-4-8-17-28)41-26-31-20-13-23-34(39(31)43)37-32-21-11-9-18-29(32)24-30-19-10-12-22-33(30)37/h3-26,43H,2H2,1H3/b41-26+. The maximum atomic E-state index is 13.3. The van der Waals surface area contributed by atoms with Crippen molar-refractivity contribution < 1.29 is 14.6 Å². The molecule has 0 spiro atoms. The Morgan fingerprint density at radius 3 is 1.98 bits per heavy atom. The summed E-state index contributed by atoms with van der Waals surface area (Å²) in [5, 5.41) is 21.1. The molecule has 0 bridgehead atoms. The van der Waals surface area contributed by atoms with Gasteiger partial charge in [-0.2, -0.15) is 5.10 Å². The van der Waals surface area contributed by atoms with E-state index in [0.29, 0.717) is 16.8 Å². The molecule has 0 atom stereocenters. The Hall–Kier alpha value is -5.94. The third-order valence-corrected chi connectivity index (χ3v) is 8.01. The van der Waals surface area contributed by atoms with Crippen LogP contribution in [0.4, 0.5) is 0 Å². The summed E-state index contributed by atoms with van der Waals surface area (Å²) in [6.45, 7) is 2.05. The Morgan fingerprint density at radius 2 is 1.33 bits per heavy atom. The molecule has 1 aromatic heterocycles. The van der Waals surface area contributed by atoms with Gasteiger partial charge >= 0.3 is 5.97 Å². The molecule has 1 heterocycles. The molecule has 7 aromatic rings. The molecule has 7 rings (SSSR count). The highest BCUT2D eigenvalue weighted by Crippen LogP contribution is 2.41. The normalized spacial score (nSPS) is 11.4. The fourth-order valence-electron chi connectivity index (χ4n) is 5.96. The second-order valence-electron chi connectivity index (χ2n) is 10.7. The number of aromatic hydroxyl groups is 1. The molecule has 1 N–H and O–H groups in total. The molecule has 0 fully saturated rings. The lowest BCUT2D eigenvalue weighted by atomic mass is 9.91. The number of carbonyl (C=O) groups excluding carboxylic acids is 1. The van der Waals surface area contributed by atoms with Gasteiger partial charge in [-0.05, 0) is 46.7 Å².